The molecule has 0 amide bonds. The molecule has 1 aromatic rings. The van der Waals surface area contributed by atoms with E-state index in [1.54, 1.807) is 26.3 Å². The minimum absolute atomic E-state index is 0.223. The second-order valence-electron chi connectivity index (χ2n) is 3.45. The Labute approximate surface area is 106 Å². The largest absolute Gasteiger partial charge is 0.481 e. The Morgan fingerprint density at radius 2 is 2.29 bits per heavy atom. The van der Waals surface area contributed by atoms with Crippen molar-refractivity contribution in [2.75, 3.05) is 13.7 Å². The van der Waals surface area contributed by atoms with Gasteiger partial charge in [-0.15, -0.1) is 11.6 Å². The number of hydrogen-bond donors (Lipinski definition) is 0. The summed E-state index contributed by atoms with van der Waals surface area (Å²) in [6.07, 6.45) is 2.50. The van der Waals surface area contributed by atoms with E-state index in [2.05, 4.69) is 4.98 Å². The van der Waals surface area contributed by atoms with Crippen LogP contribution in [0.5, 0.6) is 5.88 Å². The molecule has 0 spiro atoms. The lowest BCUT2D eigenvalue weighted by atomic mass is 10.1. The zero-order valence-corrected chi connectivity index (χ0v) is 10.7. The van der Waals surface area contributed by atoms with E-state index >= 15 is 0 Å². The number of methoxy groups -OCH3 is 1. The van der Waals surface area contributed by atoms with Crippen LogP contribution in [0.1, 0.15) is 30.7 Å². The van der Waals surface area contributed by atoms with E-state index < -0.39 is 0 Å². The second-order valence-corrected chi connectivity index (χ2v) is 3.97. The Morgan fingerprint density at radius 1 is 1.53 bits per heavy atom. The van der Waals surface area contributed by atoms with Crippen LogP contribution < -0.4 is 4.74 Å². The van der Waals surface area contributed by atoms with Gasteiger partial charge >= 0.3 is 5.97 Å². The Morgan fingerprint density at radius 3 is 2.82 bits per heavy atom. The molecule has 4 nitrogen and oxygen atoms in total. The Balaban J connectivity index is 2.46. The van der Waals surface area contributed by atoms with Crippen molar-refractivity contribution in [1.29, 1.82) is 0 Å². The van der Waals surface area contributed by atoms with Crippen molar-refractivity contribution >= 4 is 17.6 Å². The second kappa shape index (κ2) is 7.12. The molecule has 0 aromatic carbocycles. The first-order valence-corrected chi connectivity index (χ1v) is 5.90. The maximum atomic E-state index is 11.2. The number of esters is 1. The molecule has 1 heterocycles. The molecular weight excluding hydrogens is 242 g/mol. The highest BCUT2D eigenvalue weighted by atomic mass is 35.5. The average Bonchev–Trinajstić information content (AvgIpc) is 2.36. The number of rotatable bonds is 6. The van der Waals surface area contributed by atoms with E-state index in [1.165, 1.54) is 0 Å². The number of hydrogen-bond acceptors (Lipinski definition) is 4. The van der Waals surface area contributed by atoms with Crippen molar-refractivity contribution in [1.82, 2.24) is 4.98 Å². The summed E-state index contributed by atoms with van der Waals surface area (Å²) in [5, 5.41) is -0.238. The number of nitrogens with zero attached hydrogens (tertiary/aromatic N) is 1. The van der Waals surface area contributed by atoms with Crippen LogP contribution in [0.25, 0.3) is 0 Å². The first-order valence-electron chi connectivity index (χ1n) is 5.47. The fraction of sp³-hybridized carbons (Fsp3) is 0.500. The van der Waals surface area contributed by atoms with Gasteiger partial charge in [0.05, 0.1) is 19.1 Å². The Bertz CT molecular complexity index is 353. The molecule has 0 saturated heterocycles. The van der Waals surface area contributed by atoms with Crippen LogP contribution >= 0.6 is 11.6 Å². The average molecular weight is 258 g/mol. The highest BCUT2D eigenvalue weighted by Gasteiger charge is 2.11. The van der Waals surface area contributed by atoms with Gasteiger partial charge in [-0.3, -0.25) is 4.79 Å². The van der Waals surface area contributed by atoms with E-state index in [1.807, 2.05) is 6.07 Å². The van der Waals surface area contributed by atoms with Gasteiger partial charge < -0.3 is 9.47 Å². The summed E-state index contributed by atoms with van der Waals surface area (Å²) < 4.78 is 9.78. The van der Waals surface area contributed by atoms with Gasteiger partial charge in [-0.1, -0.05) is 6.07 Å². The lowest BCUT2D eigenvalue weighted by Gasteiger charge is -2.09. The number of ether oxygens (including phenoxy) is 2. The van der Waals surface area contributed by atoms with Gasteiger partial charge in [0.25, 0.3) is 0 Å². The van der Waals surface area contributed by atoms with Gasteiger partial charge in [0, 0.05) is 18.7 Å². The third-order valence-corrected chi connectivity index (χ3v) is 2.71. The summed E-state index contributed by atoms with van der Waals surface area (Å²) in [7, 11) is 1.56. The summed E-state index contributed by atoms with van der Waals surface area (Å²) in [5.74, 6) is 0.322. The van der Waals surface area contributed by atoms with Crippen molar-refractivity contribution in [3.63, 3.8) is 0 Å². The van der Waals surface area contributed by atoms with Crippen molar-refractivity contribution < 1.29 is 14.3 Å². The summed E-state index contributed by atoms with van der Waals surface area (Å²) in [6.45, 7) is 2.18. The van der Waals surface area contributed by atoms with Crippen molar-refractivity contribution in [3.8, 4) is 5.88 Å². The fourth-order valence-electron chi connectivity index (χ4n) is 1.34. The van der Waals surface area contributed by atoms with Crippen LogP contribution in [-0.2, 0) is 9.53 Å². The topological polar surface area (TPSA) is 48.4 Å². The third-order valence-electron chi connectivity index (χ3n) is 2.24. The fourth-order valence-corrected chi connectivity index (χ4v) is 1.58. The summed E-state index contributed by atoms with van der Waals surface area (Å²) in [6, 6.07) is 3.59. The van der Waals surface area contributed by atoms with E-state index in [0.29, 0.717) is 25.3 Å². The summed E-state index contributed by atoms with van der Waals surface area (Å²) in [4.78, 5) is 15.2. The van der Waals surface area contributed by atoms with Gasteiger partial charge in [-0.25, -0.2) is 4.98 Å². The maximum Gasteiger partial charge on any atom is 0.305 e. The predicted molar refractivity (Wildman–Crippen MR) is 65.3 cm³/mol. The molecule has 0 radical (unpaired) electrons. The molecule has 0 aliphatic rings. The number of halogens is 1. The minimum atomic E-state index is -0.238. The van der Waals surface area contributed by atoms with Crippen LogP contribution in [0.3, 0.4) is 0 Å². The van der Waals surface area contributed by atoms with Gasteiger partial charge in [-0.05, 0) is 18.9 Å². The Hall–Kier alpha value is -1.29. The number of carbonyl (C=O) groups is 1. The van der Waals surface area contributed by atoms with Crippen LogP contribution in [0.2, 0.25) is 0 Å². The van der Waals surface area contributed by atoms with Gasteiger partial charge in [0.1, 0.15) is 0 Å². The SMILES string of the molecule is CCOC(=O)CCC(Cl)c1ccc(OC)nc1. The molecule has 0 saturated carbocycles. The van der Waals surface area contributed by atoms with Crippen LogP contribution in [-0.4, -0.2) is 24.7 Å². The van der Waals surface area contributed by atoms with E-state index in [0.717, 1.165) is 5.56 Å². The third kappa shape index (κ3) is 4.61. The standard InChI is InChI=1S/C12H16ClNO3/c1-3-17-12(15)7-5-10(13)9-4-6-11(16-2)14-8-9/h4,6,8,10H,3,5,7H2,1-2H3. The molecule has 0 N–H and O–H groups in total. The zero-order chi connectivity index (χ0) is 12.7. The molecule has 1 rings (SSSR count). The van der Waals surface area contributed by atoms with Gasteiger partial charge in [0.2, 0.25) is 5.88 Å². The predicted octanol–water partition coefficient (Wildman–Crippen LogP) is 2.71. The first kappa shape index (κ1) is 13.8. The van der Waals surface area contributed by atoms with Crippen LogP contribution in [0, 0.1) is 0 Å². The smallest absolute Gasteiger partial charge is 0.305 e. The minimum Gasteiger partial charge on any atom is -0.481 e. The summed E-state index contributed by atoms with van der Waals surface area (Å²) in [5.41, 5.74) is 0.872. The lowest BCUT2D eigenvalue weighted by molar-refractivity contribution is -0.143. The molecule has 17 heavy (non-hydrogen) atoms. The number of alkyl halides is 1. The first-order chi connectivity index (χ1) is 8.17. The number of aromatic nitrogens is 1. The van der Waals surface area contributed by atoms with Crippen molar-refractivity contribution in [3.05, 3.63) is 23.9 Å². The molecule has 0 aliphatic heterocycles. The van der Waals surface area contributed by atoms with Crippen molar-refractivity contribution in [2.24, 2.45) is 0 Å². The monoisotopic (exact) mass is 257 g/mol. The Kier molecular flexibility index (Phi) is 5.77. The lowest BCUT2D eigenvalue weighted by Crippen LogP contribution is -2.05. The maximum absolute atomic E-state index is 11.2. The number of carbonyl (C=O) groups excluding carboxylic acids is 1. The molecule has 5 heteroatoms. The highest BCUT2D eigenvalue weighted by molar-refractivity contribution is 6.20. The van der Waals surface area contributed by atoms with E-state index in [4.69, 9.17) is 21.1 Å². The quantitative estimate of drug-likeness (QED) is 0.581. The van der Waals surface area contributed by atoms with E-state index in [-0.39, 0.29) is 11.3 Å². The molecule has 1 unspecified atom stereocenters. The van der Waals surface area contributed by atoms with Crippen molar-refractivity contribution in [2.45, 2.75) is 25.1 Å². The molecule has 0 bridgehead atoms. The normalized spacial score (nSPS) is 11.9. The molecule has 1 aromatic heterocycles. The molecule has 0 aliphatic carbocycles. The molecular formula is C12H16ClNO3. The summed E-state index contributed by atoms with van der Waals surface area (Å²) >= 11 is 6.16. The zero-order valence-electron chi connectivity index (χ0n) is 9.98. The van der Waals surface area contributed by atoms with Crippen LogP contribution in [0.15, 0.2) is 18.3 Å². The van der Waals surface area contributed by atoms with Crippen LogP contribution in [0.4, 0.5) is 0 Å². The van der Waals surface area contributed by atoms with Gasteiger partial charge in [0.15, 0.2) is 0 Å². The molecule has 0 fully saturated rings. The van der Waals surface area contributed by atoms with E-state index in [9.17, 15) is 4.79 Å². The molecule has 94 valence electrons. The number of pyridine rings is 1. The van der Waals surface area contributed by atoms with Gasteiger partial charge in [-0.2, -0.15) is 0 Å². The molecule has 1 atom stereocenters. The highest BCUT2D eigenvalue weighted by Crippen LogP contribution is 2.26.